The van der Waals surface area contributed by atoms with Crippen LogP contribution in [0.3, 0.4) is 0 Å². The second kappa shape index (κ2) is 8.17. The molecule has 2 heterocycles. The highest BCUT2D eigenvalue weighted by atomic mass is 19.3. The van der Waals surface area contributed by atoms with Gasteiger partial charge in [0.05, 0.1) is 11.4 Å². The number of β-lactam (4-membered cyclic amide) rings is 1. The number of carbonyl (C=O) groups is 1. The van der Waals surface area contributed by atoms with Crippen molar-refractivity contribution in [2.45, 2.75) is 19.8 Å². The van der Waals surface area contributed by atoms with E-state index in [1.54, 1.807) is 19.1 Å². The van der Waals surface area contributed by atoms with Crippen molar-refractivity contribution < 1.29 is 18.3 Å². The molecule has 148 valence electrons. The summed E-state index contributed by atoms with van der Waals surface area (Å²) in [5.41, 5.74) is 7.12. The van der Waals surface area contributed by atoms with E-state index in [4.69, 9.17) is 16.3 Å². The van der Waals surface area contributed by atoms with Crippen molar-refractivity contribution in [3.8, 4) is 5.88 Å². The number of alkyl halides is 2. The molecule has 1 aromatic carbocycles. The van der Waals surface area contributed by atoms with E-state index >= 15 is 0 Å². The molecule has 0 radical (unpaired) electrons. The summed E-state index contributed by atoms with van der Waals surface area (Å²) in [5.74, 6) is 6.79. The minimum Gasteiger partial charge on any atom is -0.470 e. The number of halogens is 2. The van der Waals surface area contributed by atoms with E-state index in [0.29, 0.717) is 35.9 Å². The predicted molar refractivity (Wildman–Crippen MR) is 99.4 cm³/mol. The molecule has 4 N–H and O–H groups in total. The summed E-state index contributed by atoms with van der Waals surface area (Å²) in [6.07, 6.45) is -2.04. The molecule has 2 aromatic rings. The van der Waals surface area contributed by atoms with Crippen molar-refractivity contribution in [1.29, 1.82) is 0 Å². The van der Waals surface area contributed by atoms with Crippen LogP contribution in [0.1, 0.15) is 25.3 Å². The van der Waals surface area contributed by atoms with Crippen molar-refractivity contribution in [3.63, 3.8) is 0 Å². The van der Waals surface area contributed by atoms with Crippen LogP contribution in [-0.2, 0) is 4.79 Å². The van der Waals surface area contributed by atoms with E-state index in [1.807, 2.05) is 0 Å². The molecular weight excluding hydrogens is 370 g/mol. The first-order valence-electron chi connectivity index (χ1n) is 8.52. The van der Waals surface area contributed by atoms with E-state index in [0.717, 1.165) is 0 Å². The van der Waals surface area contributed by atoms with Gasteiger partial charge in [0.25, 0.3) is 6.43 Å². The van der Waals surface area contributed by atoms with Crippen molar-refractivity contribution in [1.82, 2.24) is 10.2 Å². The van der Waals surface area contributed by atoms with Crippen molar-refractivity contribution in [2.75, 3.05) is 23.1 Å². The Hall–Kier alpha value is -3.27. The minimum atomic E-state index is -2.55. The smallest absolute Gasteiger partial charge is 0.263 e. The van der Waals surface area contributed by atoms with Crippen LogP contribution in [0.5, 0.6) is 5.88 Å². The first-order valence-corrected chi connectivity index (χ1v) is 8.52. The van der Waals surface area contributed by atoms with Gasteiger partial charge in [0, 0.05) is 30.3 Å². The van der Waals surface area contributed by atoms with Gasteiger partial charge in [-0.1, -0.05) is 12.1 Å². The largest absolute Gasteiger partial charge is 0.470 e. The molecular formula is C18H20F2N6O2. The first kappa shape index (κ1) is 19.5. The summed E-state index contributed by atoms with van der Waals surface area (Å²) >= 11 is 0. The van der Waals surface area contributed by atoms with Crippen molar-refractivity contribution in [2.24, 2.45) is 11.6 Å². The number of hydrogen-bond donors (Lipinski definition) is 2. The Balaban J connectivity index is 1.66. The Bertz CT molecular complexity index is 867. The van der Waals surface area contributed by atoms with Crippen LogP contribution < -0.4 is 26.2 Å². The molecule has 1 aliphatic rings. The van der Waals surface area contributed by atoms with Gasteiger partial charge in [0.15, 0.2) is 5.82 Å². The lowest BCUT2D eigenvalue weighted by atomic mass is 10.2. The monoisotopic (exact) mass is 390 g/mol. The fourth-order valence-corrected chi connectivity index (χ4v) is 2.54. The van der Waals surface area contributed by atoms with E-state index in [9.17, 15) is 13.6 Å². The molecule has 1 saturated heterocycles. The summed E-state index contributed by atoms with van der Waals surface area (Å²) in [4.78, 5) is 12.9. The highest BCUT2D eigenvalue weighted by Gasteiger charge is 2.26. The van der Waals surface area contributed by atoms with Crippen LogP contribution in [0.15, 0.2) is 47.8 Å². The minimum absolute atomic E-state index is 0.00331. The molecule has 1 fully saturated rings. The second-order valence-corrected chi connectivity index (χ2v) is 6.21. The number of amides is 1. The summed E-state index contributed by atoms with van der Waals surface area (Å²) in [5, 5.41) is 9.18. The molecule has 3 rings (SSSR count). The van der Waals surface area contributed by atoms with Crippen LogP contribution in [0.4, 0.5) is 20.3 Å². The molecule has 8 nitrogen and oxygen atoms in total. The molecule has 1 aromatic heterocycles. The Morgan fingerprint density at radius 1 is 1.25 bits per heavy atom. The van der Waals surface area contributed by atoms with Gasteiger partial charge in [-0.3, -0.25) is 14.7 Å². The summed E-state index contributed by atoms with van der Waals surface area (Å²) in [7, 11) is 0. The number of aromatic nitrogens is 2. The third-order valence-electron chi connectivity index (χ3n) is 4.28. The maximum Gasteiger partial charge on any atom is 0.263 e. The van der Waals surface area contributed by atoms with E-state index in [2.05, 4.69) is 10.2 Å². The van der Waals surface area contributed by atoms with Crippen molar-refractivity contribution in [3.05, 3.63) is 53.4 Å². The van der Waals surface area contributed by atoms with E-state index < -0.39 is 6.43 Å². The maximum absolute atomic E-state index is 12.7. The number of allylic oxidation sites excluding steroid dienone is 1. The van der Waals surface area contributed by atoms with Crippen LogP contribution in [0.25, 0.3) is 0 Å². The first-order chi connectivity index (χ1) is 13.4. The predicted octanol–water partition coefficient (Wildman–Crippen LogP) is 2.10. The van der Waals surface area contributed by atoms with Gasteiger partial charge in [-0.05, 0) is 25.1 Å². The Morgan fingerprint density at radius 3 is 2.43 bits per heavy atom. The number of rotatable bonds is 7. The third kappa shape index (κ3) is 4.17. The normalized spacial score (nSPS) is 14.6. The zero-order chi connectivity index (χ0) is 20.3. The number of benzene rings is 1. The van der Waals surface area contributed by atoms with Gasteiger partial charge in [0.1, 0.15) is 6.61 Å². The maximum atomic E-state index is 12.7. The van der Waals surface area contributed by atoms with Gasteiger partial charge in [-0.25, -0.2) is 14.6 Å². The standard InChI is InChI=1S/C18H20F2N6O2/c1-11(21)14(26(22)13-4-2-12(3-5-13)18(19)20)10-28-16-7-6-15(23-24-16)25-9-8-17(25)27/h2-7,18H,8-10,21-22H2,1H3/b14-11-. The molecule has 28 heavy (non-hydrogen) atoms. The fraction of sp³-hybridized carbons (Fsp3) is 0.278. The zero-order valence-electron chi connectivity index (χ0n) is 15.2. The fourth-order valence-electron chi connectivity index (χ4n) is 2.54. The van der Waals surface area contributed by atoms with E-state index in [1.165, 1.54) is 34.2 Å². The molecule has 1 aliphatic heterocycles. The number of nitrogens with two attached hydrogens (primary N) is 2. The molecule has 1 amide bonds. The number of carbonyl (C=O) groups excluding carboxylic acids is 1. The molecule has 0 aliphatic carbocycles. The SMILES string of the molecule is C/C(N)=C(\COc1ccc(N2CCC2=O)nn1)N(N)c1ccc(C(F)F)cc1. The number of hydrazine groups is 1. The van der Waals surface area contributed by atoms with Gasteiger partial charge in [-0.2, -0.15) is 0 Å². The Morgan fingerprint density at radius 2 is 1.96 bits per heavy atom. The summed E-state index contributed by atoms with van der Waals surface area (Å²) in [6, 6.07) is 8.78. The molecule has 0 unspecified atom stereocenters. The summed E-state index contributed by atoms with van der Waals surface area (Å²) in [6.45, 7) is 2.27. The van der Waals surface area contributed by atoms with Gasteiger partial charge >= 0.3 is 0 Å². The molecule has 0 spiro atoms. The third-order valence-corrected chi connectivity index (χ3v) is 4.28. The number of ether oxygens (including phenoxy) is 1. The lowest BCUT2D eigenvalue weighted by Gasteiger charge is -2.28. The number of hydrogen-bond acceptors (Lipinski definition) is 7. The molecule has 0 atom stereocenters. The number of nitrogens with zero attached hydrogens (tertiary/aromatic N) is 4. The highest BCUT2D eigenvalue weighted by molar-refractivity contribution is 5.98. The van der Waals surface area contributed by atoms with Crippen LogP contribution in [0.2, 0.25) is 0 Å². The van der Waals surface area contributed by atoms with Crippen molar-refractivity contribution >= 4 is 17.4 Å². The molecule has 10 heteroatoms. The quantitative estimate of drug-likeness (QED) is 0.423. The molecule has 0 bridgehead atoms. The molecule has 0 saturated carbocycles. The van der Waals surface area contributed by atoms with E-state index in [-0.39, 0.29) is 24.0 Å². The second-order valence-electron chi connectivity index (χ2n) is 6.21. The Labute approximate surface area is 160 Å². The van der Waals surface area contributed by atoms with Gasteiger partial charge in [-0.15, -0.1) is 10.2 Å². The van der Waals surface area contributed by atoms with Crippen LogP contribution in [-0.4, -0.2) is 29.3 Å². The Kier molecular flexibility index (Phi) is 5.69. The number of anilines is 2. The highest BCUT2D eigenvalue weighted by Crippen LogP contribution is 2.24. The lowest BCUT2D eigenvalue weighted by Crippen LogP contribution is -2.44. The van der Waals surface area contributed by atoms with Gasteiger partial charge < -0.3 is 10.5 Å². The summed E-state index contributed by atoms with van der Waals surface area (Å²) < 4.78 is 31.0. The average molecular weight is 390 g/mol. The van der Waals surface area contributed by atoms with Crippen LogP contribution >= 0.6 is 0 Å². The average Bonchev–Trinajstić information content (AvgIpc) is 2.67. The van der Waals surface area contributed by atoms with Crippen LogP contribution in [0, 0.1) is 0 Å². The lowest BCUT2D eigenvalue weighted by molar-refractivity contribution is -0.122. The zero-order valence-corrected chi connectivity index (χ0v) is 15.2. The van der Waals surface area contributed by atoms with Gasteiger partial charge in [0.2, 0.25) is 11.8 Å². The topological polar surface area (TPSA) is 111 Å².